The maximum atomic E-state index is 12.1. The third kappa shape index (κ3) is 2.42. The summed E-state index contributed by atoms with van der Waals surface area (Å²) in [6.45, 7) is 7.30. The van der Waals surface area contributed by atoms with Crippen LogP contribution in [0.15, 0.2) is 18.2 Å². The van der Waals surface area contributed by atoms with Crippen LogP contribution in [0.25, 0.3) is 11.0 Å². The fraction of sp³-hybridized carbons (Fsp3) is 0.467. The molecule has 0 radical (unpaired) electrons. The lowest BCUT2D eigenvalue weighted by atomic mass is 10.2. The highest BCUT2D eigenvalue weighted by atomic mass is 32.2. The Balaban J connectivity index is 2.87. The molecule has 1 aromatic carbocycles. The maximum Gasteiger partial charge on any atom is 0.159 e. The van der Waals surface area contributed by atoms with Crippen LogP contribution in [0.2, 0.25) is 0 Å². The lowest BCUT2D eigenvalue weighted by Crippen LogP contribution is -2.32. The number of fused-ring (bicyclic) bond motifs is 1. The molecule has 2 rings (SSSR count). The first-order valence-electron chi connectivity index (χ1n) is 6.71. The van der Waals surface area contributed by atoms with Gasteiger partial charge in [0.25, 0.3) is 0 Å². The van der Waals surface area contributed by atoms with Crippen molar-refractivity contribution in [1.82, 2.24) is 9.55 Å². The van der Waals surface area contributed by atoms with E-state index < -0.39 is 14.6 Å². The second kappa shape index (κ2) is 4.85. The number of nitrogens with zero attached hydrogens (tertiary/aromatic N) is 3. The molecule has 0 aliphatic heterocycles. The summed E-state index contributed by atoms with van der Waals surface area (Å²) >= 11 is 0. The summed E-state index contributed by atoms with van der Waals surface area (Å²) in [6.07, 6.45) is 1.22. The molecule has 0 amide bonds. The SMILES string of the molecule is CC(C)n1c(C(C)(C)S(C)(=O)=O)nc2cc(C#N)ccc21. The van der Waals surface area contributed by atoms with E-state index in [1.165, 1.54) is 6.26 Å². The molecule has 0 aliphatic rings. The molecule has 0 saturated carbocycles. The third-order valence-corrected chi connectivity index (χ3v) is 5.84. The summed E-state index contributed by atoms with van der Waals surface area (Å²) in [5.74, 6) is 0.505. The van der Waals surface area contributed by atoms with Crippen molar-refractivity contribution in [2.45, 2.75) is 38.5 Å². The van der Waals surface area contributed by atoms with Crippen molar-refractivity contribution in [2.24, 2.45) is 0 Å². The van der Waals surface area contributed by atoms with Gasteiger partial charge in [-0.1, -0.05) is 0 Å². The van der Waals surface area contributed by atoms with Crippen molar-refractivity contribution in [3.05, 3.63) is 29.6 Å². The lowest BCUT2D eigenvalue weighted by Gasteiger charge is -2.25. The van der Waals surface area contributed by atoms with Crippen LogP contribution in [0.5, 0.6) is 0 Å². The molecule has 0 N–H and O–H groups in total. The van der Waals surface area contributed by atoms with Gasteiger partial charge in [-0.05, 0) is 45.9 Å². The summed E-state index contributed by atoms with van der Waals surface area (Å²) in [6, 6.07) is 7.38. The zero-order valence-corrected chi connectivity index (χ0v) is 13.7. The predicted octanol–water partition coefficient (Wildman–Crippen LogP) is 2.77. The van der Waals surface area contributed by atoms with Gasteiger partial charge in [0.2, 0.25) is 0 Å². The highest BCUT2D eigenvalue weighted by Crippen LogP contribution is 2.33. The van der Waals surface area contributed by atoms with Gasteiger partial charge in [-0.2, -0.15) is 5.26 Å². The average molecular weight is 305 g/mol. The molecular formula is C15H19N3O2S. The molecule has 112 valence electrons. The Morgan fingerprint density at radius 1 is 1.33 bits per heavy atom. The van der Waals surface area contributed by atoms with Gasteiger partial charge in [0, 0.05) is 12.3 Å². The van der Waals surface area contributed by atoms with Crippen LogP contribution in [0.4, 0.5) is 0 Å². The zero-order valence-electron chi connectivity index (χ0n) is 12.9. The number of rotatable bonds is 3. The van der Waals surface area contributed by atoms with Gasteiger partial charge in [-0.15, -0.1) is 0 Å². The number of benzene rings is 1. The summed E-state index contributed by atoms with van der Waals surface area (Å²) in [5.41, 5.74) is 2.00. The van der Waals surface area contributed by atoms with Crippen LogP contribution < -0.4 is 0 Å². The first-order chi connectivity index (χ1) is 9.59. The zero-order chi connectivity index (χ0) is 16.0. The van der Waals surface area contributed by atoms with Crippen LogP contribution in [0.1, 0.15) is 45.1 Å². The van der Waals surface area contributed by atoms with E-state index in [1.54, 1.807) is 26.0 Å². The Kier molecular flexibility index (Phi) is 3.58. The number of imidazole rings is 1. The number of hydrogen-bond acceptors (Lipinski definition) is 4. The minimum Gasteiger partial charge on any atom is -0.324 e. The molecule has 6 heteroatoms. The Morgan fingerprint density at radius 2 is 1.95 bits per heavy atom. The molecule has 5 nitrogen and oxygen atoms in total. The van der Waals surface area contributed by atoms with E-state index >= 15 is 0 Å². The third-order valence-electron chi connectivity index (χ3n) is 3.80. The first kappa shape index (κ1) is 15.5. The van der Waals surface area contributed by atoms with Crippen molar-refractivity contribution in [2.75, 3.05) is 6.26 Å². The quantitative estimate of drug-likeness (QED) is 0.873. The minimum absolute atomic E-state index is 0.0685. The van der Waals surface area contributed by atoms with Gasteiger partial charge in [-0.25, -0.2) is 13.4 Å². The molecule has 0 bridgehead atoms. The Hall–Kier alpha value is -1.87. The van der Waals surface area contributed by atoms with Crippen molar-refractivity contribution < 1.29 is 8.42 Å². The van der Waals surface area contributed by atoms with Gasteiger partial charge in [0.1, 0.15) is 10.6 Å². The maximum absolute atomic E-state index is 12.1. The van der Waals surface area contributed by atoms with E-state index in [0.29, 0.717) is 16.9 Å². The first-order valence-corrected chi connectivity index (χ1v) is 8.61. The van der Waals surface area contributed by atoms with E-state index in [4.69, 9.17) is 5.26 Å². The summed E-state index contributed by atoms with van der Waals surface area (Å²) < 4.78 is 25.1. The summed E-state index contributed by atoms with van der Waals surface area (Å²) in [5, 5.41) is 8.99. The molecule has 0 fully saturated rings. The molecular weight excluding hydrogens is 286 g/mol. The monoisotopic (exact) mass is 305 g/mol. The van der Waals surface area contributed by atoms with E-state index in [2.05, 4.69) is 11.1 Å². The number of hydrogen-bond donors (Lipinski definition) is 0. The van der Waals surface area contributed by atoms with Gasteiger partial charge in [0.15, 0.2) is 9.84 Å². The molecule has 2 aromatic rings. The van der Waals surface area contributed by atoms with Crippen LogP contribution in [-0.2, 0) is 14.6 Å². The summed E-state index contributed by atoms with van der Waals surface area (Å²) in [7, 11) is -3.32. The van der Waals surface area contributed by atoms with Gasteiger partial charge in [-0.3, -0.25) is 0 Å². The minimum atomic E-state index is -3.32. The largest absolute Gasteiger partial charge is 0.324 e. The molecule has 0 aliphatic carbocycles. The Bertz CT molecular complexity index is 840. The van der Waals surface area contributed by atoms with Crippen LogP contribution in [0.3, 0.4) is 0 Å². The van der Waals surface area contributed by atoms with E-state index in [0.717, 1.165) is 5.52 Å². The fourth-order valence-electron chi connectivity index (χ4n) is 2.28. The van der Waals surface area contributed by atoms with E-state index in [9.17, 15) is 8.42 Å². The molecule has 0 unspecified atom stereocenters. The number of aromatic nitrogens is 2. The average Bonchev–Trinajstić information content (AvgIpc) is 2.75. The standard InChI is InChI=1S/C15H19N3O2S/c1-10(2)18-13-7-6-11(9-16)8-12(13)17-14(18)15(3,4)21(5,19)20/h6-8,10H,1-5H3. The second-order valence-corrected chi connectivity index (χ2v) is 8.56. The summed E-state index contributed by atoms with van der Waals surface area (Å²) in [4.78, 5) is 4.51. The molecule has 0 spiro atoms. The predicted molar refractivity (Wildman–Crippen MR) is 82.7 cm³/mol. The second-order valence-electron chi connectivity index (χ2n) is 6.00. The van der Waals surface area contributed by atoms with Crippen LogP contribution in [-0.4, -0.2) is 24.2 Å². The van der Waals surface area contributed by atoms with Gasteiger partial charge in [0.05, 0.1) is 22.7 Å². The van der Waals surface area contributed by atoms with Crippen molar-refractivity contribution in [3.8, 4) is 6.07 Å². The molecule has 0 atom stereocenters. The molecule has 0 saturated heterocycles. The van der Waals surface area contributed by atoms with Crippen molar-refractivity contribution in [3.63, 3.8) is 0 Å². The lowest BCUT2D eigenvalue weighted by molar-refractivity contribution is 0.510. The highest BCUT2D eigenvalue weighted by molar-refractivity contribution is 7.91. The normalized spacial score (nSPS) is 12.8. The van der Waals surface area contributed by atoms with Crippen LogP contribution >= 0.6 is 0 Å². The molecule has 21 heavy (non-hydrogen) atoms. The number of nitriles is 1. The molecule has 1 heterocycles. The smallest absolute Gasteiger partial charge is 0.159 e. The van der Waals surface area contributed by atoms with Crippen molar-refractivity contribution >= 4 is 20.9 Å². The Labute approximate surface area is 125 Å². The van der Waals surface area contributed by atoms with E-state index in [1.807, 2.05) is 24.5 Å². The Morgan fingerprint density at radius 3 is 2.43 bits per heavy atom. The van der Waals surface area contributed by atoms with Gasteiger partial charge < -0.3 is 4.57 Å². The van der Waals surface area contributed by atoms with Crippen molar-refractivity contribution in [1.29, 1.82) is 5.26 Å². The molecule has 1 aromatic heterocycles. The van der Waals surface area contributed by atoms with E-state index in [-0.39, 0.29) is 6.04 Å². The number of sulfone groups is 1. The van der Waals surface area contributed by atoms with Gasteiger partial charge >= 0.3 is 0 Å². The highest BCUT2D eigenvalue weighted by Gasteiger charge is 2.38. The fourth-order valence-corrected chi connectivity index (χ4v) is 2.76. The topological polar surface area (TPSA) is 75.8 Å². The van der Waals surface area contributed by atoms with Crippen LogP contribution in [0, 0.1) is 11.3 Å².